The monoisotopic (exact) mass is 463 g/mol. The van der Waals surface area contributed by atoms with Crippen molar-refractivity contribution in [2.45, 2.75) is 18.9 Å². The molecule has 1 aromatic carbocycles. The minimum Gasteiger partial charge on any atom is -0.275 e. The summed E-state index contributed by atoms with van der Waals surface area (Å²) in [4.78, 5) is 9.16. The molecule has 1 aliphatic heterocycles. The molecular formula is C23H25N7O2S. The second-order valence-electron chi connectivity index (χ2n) is 8.38. The number of benzene rings is 1. The van der Waals surface area contributed by atoms with Crippen LogP contribution in [0.1, 0.15) is 18.9 Å². The van der Waals surface area contributed by atoms with Gasteiger partial charge in [0.1, 0.15) is 0 Å². The minimum atomic E-state index is -3.13. The predicted molar refractivity (Wildman–Crippen MR) is 126 cm³/mol. The number of sulfonamides is 1. The molecule has 0 amide bonds. The molecule has 0 unspecified atom stereocenters. The average Bonchev–Trinajstić information content (AvgIpc) is 3.49. The first-order valence-corrected chi connectivity index (χ1v) is 12.6. The molecule has 4 aromatic rings. The van der Waals surface area contributed by atoms with E-state index in [0.717, 1.165) is 40.7 Å². The van der Waals surface area contributed by atoms with Gasteiger partial charge < -0.3 is 0 Å². The SMILES string of the molecule is Cn1cc(-c2cccc(-c3ncc(-c4cnn(C5CCN(S(C)(=O)=O)CC5)c4)cn3)c2)cn1. The highest BCUT2D eigenvalue weighted by Crippen LogP contribution is 2.27. The lowest BCUT2D eigenvalue weighted by molar-refractivity contribution is 0.262. The van der Waals surface area contributed by atoms with Crippen LogP contribution in [0.3, 0.4) is 0 Å². The largest absolute Gasteiger partial charge is 0.275 e. The van der Waals surface area contributed by atoms with Crippen LogP contribution in [0.25, 0.3) is 33.6 Å². The van der Waals surface area contributed by atoms with Gasteiger partial charge in [0.15, 0.2) is 5.82 Å². The van der Waals surface area contributed by atoms with Crippen molar-refractivity contribution in [1.82, 2.24) is 33.8 Å². The van der Waals surface area contributed by atoms with Crippen LogP contribution in [0.15, 0.2) is 61.4 Å². The van der Waals surface area contributed by atoms with E-state index in [1.807, 2.05) is 67.1 Å². The Morgan fingerprint density at radius 1 is 0.848 bits per heavy atom. The van der Waals surface area contributed by atoms with Crippen molar-refractivity contribution in [2.75, 3.05) is 19.3 Å². The van der Waals surface area contributed by atoms with Gasteiger partial charge in [-0.1, -0.05) is 18.2 Å². The van der Waals surface area contributed by atoms with E-state index in [4.69, 9.17) is 0 Å². The Labute approximate surface area is 192 Å². The van der Waals surface area contributed by atoms with Crippen LogP contribution < -0.4 is 0 Å². The molecule has 170 valence electrons. The van der Waals surface area contributed by atoms with E-state index in [-0.39, 0.29) is 6.04 Å². The second-order valence-corrected chi connectivity index (χ2v) is 10.4. The molecule has 10 heteroatoms. The molecule has 4 heterocycles. The lowest BCUT2D eigenvalue weighted by Crippen LogP contribution is -2.38. The molecule has 0 spiro atoms. The summed E-state index contributed by atoms with van der Waals surface area (Å²) in [5.74, 6) is 0.657. The maximum absolute atomic E-state index is 11.7. The van der Waals surface area contributed by atoms with Crippen molar-refractivity contribution in [2.24, 2.45) is 7.05 Å². The third-order valence-corrected chi connectivity index (χ3v) is 7.32. The van der Waals surface area contributed by atoms with Gasteiger partial charge in [-0.25, -0.2) is 22.7 Å². The van der Waals surface area contributed by atoms with Crippen LogP contribution in [-0.4, -0.2) is 61.6 Å². The molecule has 0 aliphatic carbocycles. The lowest BCUT2D eigenvalue weighted by atomic mass is 10.1. The Morgan fingerprint density at radius 3 is 2.18 bits per heavy atom. The fourth-order valence-corrected chi connectivity index (χ4v) is 5.03. The maximum atomic E-state index is 11.7. The lowest BCUT2D eigenvalue weighted by Gasteiger charge is -2.30. The second kappa shape index (κ2) is 8.53. The molecule has 5 rings (SSSR count). The first kappa shape index (κ1) is 21.5. The summed E-state index contributed by atoms with van der Waals surface area (Å²) in [7, 11) is -1.23. The highest BCUT2D eigenvalue weighted by Gasteiger charge is 2.26. The third kappa shape index (κ3) is 4.57. The van der Waals surface area contributed by atoms with E-state index in [2.05, 4.69) is 26.2 Å². The number of aromatic nitrogens is 6. The Bertz CT molecular complexity index is 1370. The molecule has 0 atom stereocenters. The highest BCUT2D eigenvalue weighted by molar-refractivity contribution is 7.88. The molecule has 33 heavy (non-hydrogen) atoms. The van der Waals surface area contributed by atoms with E-state index >= 15 is 0 Å². The van der Waals surface area contributed by atoms with Crippen LogP contribution in [0.5, 0.6) is 0 Å². The van der Waals surface area contributed by atoms with Crippen molar-refractivity contribution in [3.63, 3.8) is 0 Å². The Hall–Kier alpha value is -3.37. The molecule has 9 nitrogen and oxygen atoms in total. The summed E-state index contributed by atoms with van der Waals surface area (Å²) >= 11 is 0. The molecular weight excluding hydrogens is 438 g/mol. The van der Waals surface area contributed by atoms with Crippen LogP contribution in [0.4, 0.5) is 0 Å². The van der Waals surface area contributed by atoms with Crippen LogP contribution in [-0.2, 0) is 17.1 Å². The third-order valence-electron chi connectivity index (χ3n) is 6.01. The van der Waals surface area contributed by atoms with E-state index in [1.165, 1.54) is 10.6 Å². The first-order chi connectivity index (χ1) is 15.9. The summed E-state index contributed by atoms with van der Waals surface area (Å²) in [5.41, 5.74) is 4.89. The quantitative estimate of drug-likeness (QED) is 0.451. The fraction of sp³-hybridized carbons (Fsp3) is 0.304. The van der Waals surface area contributed by atoms with Gasteiger partial charge in [-0.3, -0.25) is 9.36 Å². The number of rotatable bonds is 5. The van der Waals surface area contributed by atoms with Crippen molar-refractivity contribution in [3.05, 3.63) is 61.4 Å². The zero-order chi connectivity index (χ0) is 23.0. The number of hydrogen-bond acceptors (Lipinski definition) is 6. The van der Waals surface area contributed by atoms with Gasteiger partial charge in [0.05, 0.1) is 24.7 Å². The van der Waals surface area contributed by atoms with Gasteiger partial charge in [0, 0.05) is 67.2 Å². The smallest absolute Gasteiger partial charge is 0.211 e. The molecule has 0 radical (unpaired) electrons. The molecule has 0 bridgehead atoms. The van der Waals surface area contributed by atoms with Crippen molar-refractivity contribution >= 4 is 10.0 Å². The summed E-state index contributed by atoms with van der Waals surface area (Å²) < 4.78 is 28.7. The number of piperidine rings is 1. The topological polar surface area (TPSA) is 98.8 Å². The molecule has 1 saturated heterocycles. The van der Waals surface area contributed by atoms with Gasteiger partial charge in [-0.15, -0.1) is 0 Å². The Morgan fingerprint density at radius 2 is 1.52 bits per heavy atom. The Kier molecular flexibility index (Phi) is 5.55. The van der Waals surface area contributed by atoms with Gasteiger partial charge >= 0.3 is 0 Å². The predicted octanol–water partition coefficient (Wildman–Crippen LogP) is 3.00. The number of aryl methyl sites for hydroxylation is 1. The summed E-state index contributed by atoms with van der Waals surface area (Å²) in [6.07, 6.45) is 14.0. The molecule has 3 aromatic heterocycles. The van der Waals surface area contributed by atoms with Gasteiger partial charge in [-0.2, -0.15) is 10.2 Å². The van der Waals surface area contributed by atoms with Crippen LogP contribution in [0.2, 0.25) is 0 Å². The van der Waals surface area contributed by atoms with Gasteiger partial charge in [0.2, 0.25) is 10.0 Å². The van der Waals surface area contributed by atoms with E-state index < -0.39 is 10.0 Å². The zero-order valence-electron chi connectivity index (χ0n) is 18.5. The minimum absolute atomic E-state index is 0.187. The molecule has 1 fully saturated rings. The number of nitrogens with zero attached hydrogens (tertiary/aromatic N) is 7. The maximum Gasteiger partial charge on any atom is 0.211 e. The van der Waals surface area contributed by atoms with Crippen LogP contribution >= 0.6 is 0 Å². The van der Waals surface area contributed by atoms with Gasteiger partial charge in [-0.05, 0) is 24.5 Å². The van der Waals surface area contributed by atoms with E-state index in [9.17, 15) is 8.42 Å². The highest BCUT2D eigenvalue weighted by atomic mass is 32.2. The van der Waals surface area contributed by atoms with E-state index in [0.29, 0.717) is 18.9 Å². The normalized spacial score (nSPS) is 15.7. The number of hydrogen-bond donors (Lipinski definition) is 0. The van der Waals surface area contributed by atoms with Gasteiger partial charge in [0.25, 0.3) is 0 Å². The summed E-state index contributed by atoms with van der Waals surface area (Å²) in [6.45, 7) is 1.04. The van der Waals surface area contributed by atoms with E-state index in [1.54, 1.807) is 4.68 Å². The Balaban J connectivity index is 1.31. The van der Waals surface area contributed by atoms with Crippen molar-refractivity contribution in [3.8, 4) is 33.6 Å². The first-order valence-electron chi connectivity index (χ1n) is 10.8. The van der Waals surface area contributed by atoms with Crippen molar-refractivity contribution in [1.29, 1.82) is 0 Å². The summed E-state index contributed by atoms with van der Waals surface area (Å²) in [5, 5.41) is 8.76. The average molecular weight is 464 g/mol. The van der Waals surface area contributed by atoms with Crippen molar-refractivity contribution < 1.29 is 8.42 Å². The standard InChI is InChI=1S/C23H25N7O2S/c1-28-15-20(13-26-28)17-4-3-5-18(10-17)23-24-11-19(12-25-23)21-14-27-30(16-21)22-6-8-29(9-7-22)33(2,31)32/h3-5,10-16,22H,6-9H2,1-2H3. The summed E-state index contributed by atoms with van der Waals surface area (Å²) in [6, 6.07) is 8.28. The fourth-order valence-electron chi connectivity index (χ4n) is 4.16. The molecule has 0 N–H and O–H groups in total. The molecule has 0 saturated carbocycles. The molecule has 1 aliphatic rings. The van der Waals surface area contributed by atoms with Crippen LogP contribution in [0, 0.1) is 0 Å². The zero-order valence-corrected chi connectivity index (χ0v) is 19.4.